The van der Waals surface area contributed by atoms with E-state index in [1.54, 1.807) is 48.5 Å². The molecule has 27 heavy (non-hydrogen) atoms. The highest BCUT2D eigenvalue weighted by molar-refractivity contribution is 6.31. The number of hydrogen-bond acceptors (Lipinski definition) is 3. The maximum Gasteiger partial charge on any atom is 0.255 e. The molecule has 0 aliphatic rings. The molecule has 4 rings (SSSR count). The van der Waals surface area contributed by atoms with Gasteiger partial charge in [0.1, 0.15) is 11.3 Å². The third-order valence-corrected chi connectivity index (χ3v) is 4.56. The van der Waals surface area contributed by atoms with Crippen molar-refractivity contribution in [3.8, 4) is 11.5 Å². The summed E-state index contributed by atoms with van der Waals surface area (Å²) >= 11 is 6.08. The van der Waals surface area contributed by atoms with Crippen molar-refractivity contribution in [2.75, 3.05) is 5.32 Å². The molecule has 4 nitrogen and oxygen atoms in total. The molecule has 0 spiro atoms. The van der Waals surface area contributed by atoms with Crippen LogP contribution in [0.4, 0.5) is 10.1 Å². The molecule has 3 aromatic carbocycles. The molecule has 0 aliphatic heterocycles. The average Bonchev–Trinajstić information content (AvgIpc) is 3.07. The van der Waals surface area contributed by atoms with Crippen molar-refractivity contribution in [3.05, 3.63) is 82.6 Å². The van der Waals surface area contributed by atoms with Gasteiger partial charge in [-0.3, -0.25) is 4.79 Å². The quantitative estimate of drug-likeness (QED) is 0.485. The van der Waals surface area contributed by atoms with Crippen LogP contribution in [0.25, 0.3) is 22.6 Å². The molecule has 4 aromatic rings. The molecule has 0 saturated carbocycles. The Morgan fingerprint density at radius 1 is 1.11 bits per heavy atom. The zero-order valence-electron chi connectivity index (χ0n) is 14.3. The predicted octanol–water partition coefficient (Wildman–Crippen LogP) is 5.85. The summed E-state index contributed by atoms with van der Waals surface area (Å²) in [6.45, 7) is 1.87. The summed E-state index contributed by atoms with van der Waals surface area (Å²) in [7, 11) is 0. The van der Waals surface area contributed by atoms with Gasteiger partial charge in [-0.15, -0.1) is 0 Å². The third-order valence-electron chi connectivity index (χ3n) is 4.15. The fourth-order valence-electron chi connectivity index (χ4n) is 2.69. The first-order chi connectivity index (χ1) is 13.0. The molecule has 1 aromatic heterocycles. The van der Waals surface area contributed by atoms with Crippen LogP contribution < -0.4 is 5.32 Å². The number of aromatic nitrogens is 1. The second-order valence-electron chi connectivity index (χ2n) is 6.13. The molecule has 6 heteroatoms. The van der Waals surface area contributed by atoms with Crippen molar-refractivity contribution in [3.63, 3.8) is 0 Å². The van der Waals surface area contributed by atoms with E-state index < -0.39 is 0 Å². The standard InChI is InChI=1S/C21H14ClFN2O2/c1-12-5-6-13(10-17(12)22)20(26)24-16-7-8-19-18(11-16)25-21(27-19)14-3-2-4-15(23)9-14/h2-11H,1H3,(H,24,26). The van der Waals surface area contributed by atoms with Gasteiger partial charge in [-0.25, -0.2) is 9.37 Å². The summed E-state index contributed by atoms with van der Waals surface area (Å²) in [5.74, 6) is -0.317. The van der Waals surface area contributed by atoms with Crippen LogP contribution in [-0.2, 0) is 0 Å². The number of benzene rings is 3. The summed E-state index contributed by atoms with van der Waals surface area (Å²) in [5, 5.41) is 3.35. The van der Waals surface area contributed by atoms with Gasteiger partial charge < -0.3 is 9.73 Å². The summed E-state index contributed by atoms with van der Waals surface area (Å²) < 4.78 is 19.1. The largest absolute Gasteiger partial charge is 0.436 e. The van der Waals surface area contributed by atoms with Gasteiger partial charge in [-0.05, 0) is 61.0 Å². The Morgan fingerprint density at radius 2 is 1.96 bits per heavy atom. The molecule has 0 atom stereocenters. The third kappa shape index (κ3) is 3.55. The van der Waals surface area contributed by atoms with Crippen LogP contribution in [0.1, 0.15) is 15.9 Å². The number of oxazole rings is 1. The van der Waals surface area contributed by atoms with Crippen LogP contribution in [-0.4, -0.2) is 10.9 Å². The van der Waals surface area contributed by atoms with E-state index in [9.17, 15) is 9.18 Å². The lowest BCUT2D eigenvalue weighted by Gasteiger charge is -2.06. The molecule has 1 heterocycles. The normalized spacial score (nSPS) is 10.9. The van der Waals surface area contributed by atoms with Crippen molar-refractivity contribution < 1.29 is 13.6 Å². The van der Waals surface area contributed by atoms with Crippen LogP contribution in [0.3, 0.4) is 0 Å². The molecule has 1 amide bonds. The highest BCUT2D eigenvalue weighted by Gasteiger charge is 2.12. The summed E-state index contributed by atoms with van der Waals surface area (Å²) in [4.78, 5) is 16.8. The van der Waals surface area contributed by atoms with Crippen molar-refractivity contribution in [2.45, 2.75) is 6.92 Å². The van der Waals surface area contributed by atoms with E-state index in [0.717, 1.165) is 5.56 Å². The lowest BCUT2D eigenvalue weighted by atomic mass is 10.1. The van der Waals surface area contributed by atoms with Crippen molar-refractivity contribution in [2.24, 2.45) is 0 Å². The van der Waals surface area contributed by atoms with Gasteiger partial charge in [0.15, 0.2) is 5.58 Å². The molecule has 134 valence electrons. The average molecular weight is 381 g/mol. The van der Waals surface area contributed by atoms with Crippen LogP contribution in [0.5, 0.6) is 0 Å². The van der Waals surface area contributed by atoms with E-state index in [-0.39, 0.29) is 11.7 Å². The van der Waals surface area contributed by atoms with E-state index in [4.69, 9.17) is 16.0 Å². The number of nitrogens with zero attached hydrogens (tertiary/aromatic N) is 1. The predicted molar refractivity (Wildman–Crippen MR) is 104 cm³/mol. The Morgan fingerprint density at radius 3 is 2.74 bits per heavy atom. The highest BCUT2D eigenvalue weighted by atomic mass is 35.5. The number of halogens is 2. The first-order valence-electron chi connectivity index (χ1n) is 8.23. The monoisotopic (exact) mass is 380 g/mol. The van der Waals surface area contributed by atoms with Gasteiger partial charge in [0.05, 0.1) is 0 Å². The SMILES string of the molecule is Cc1ccc(C(=O)Nc2ccc3oc(-c4cccc(F)c4)nc3c2)cc1Cl. The lowest BCUT2D eigenvalue weighted by molar-refractivity contribution is 0.102. The van der Waals surface area contributed by atoms with Gasteiger partial charge in [0, 0.05) is 21.8 Å². The lowest BCUT2D eigenvalue weighted by Crippen LogP contribution is -2.11. The molecule has 0 radical (unpaired) electrons. The zero-order chi connectivity index (χ0) is 19.0. The van der Waals surface area contributed by atoms with Gasteiger partial charge >= 0.3 is 0 Å². The number of carbonyl (C=O) groups is 1. The Labute approximate surface area is 159 Å². The number of carbonyl (C=O) groups excluding carboxylic acids is 1. The van der Waals surface area contributed by atoms with Crippen LogP contribution in [0.15, 0.2) is 65.1 Å². The first kappa shape index (κ1) is 17.2. The number of nitrogens with one attached hydrogen (secondary N) is 1. The molecular weight excluding hydrogens is 367 g/mol. The maximum absolute atomic E-state index is 13.4. The molecule has 0 unspecified atom stereocenters. The van der Waals surface area contributed by atoms with Crippen molar-refractivity contribution in [1.82, 2.24) is 4.98 Å². The van der Waals surface area contributed by atoms with E-state index in [1.807, 2.05) is 6.92 Å². The van der Waals surface area contributed by atoms with Gasteiger partial charge in [-0.1, -0.05) is 23.7 Å². The first-order valence-corrected chi connectivity index (χ1v) is 8.61. The van der Waals surface area contributed by atoms with Crippen molar-refractivity contribution >= 4 is 34.3 Å². The number of amides is 1. The molecule has 0 bridgehead atoms. The minimum Gasteiger partial charge on any atom is -0.436 e. The van der Waals surface area contributed by atoms with Crippen LogP contribution in [0.2, 0.25) is 5.02 Å². The summed E-state index contributed by atoms with van der Waals surface area (Å²) in [6, 6.07) is 16.3. The minimum atomic E-state index is -0.362. The van der Waals surface area contributed by atoms with E-state index >= 15 is 0 Å². The Balaban J connectivity index is 1.61. The molecule has 1 N–H and O–H groups in total. The van der Waals surface area contributed by atoms with Crippen molar-refractivity contribution in [1.29, 1.82) is 0 Å². The van der Waals surface area contributed by atoms with Crippen LogP contribution >= 0.6 is 11.6 Å². The van der Waals surface area contributed by atoms with Gasteiger partial charge in [0.2, 0.25) is 5.89 Å². The molecule has 0 fully saturated rings. The number of anilines is 1. The van der Waals surface area contributed by atoms with Gasteiger partial charge in [-0.2, -0.15) is 0 Å². The Kier molecular flexibility index (Phi) is 4.38. The van der Waals surface area contributed by atoms with Gasteiger partial charge in [0.25, 0.3) is 5.91 Å². The minimum absolute atomic E-state index is 0.273. The second-order valence-corrected chi connectivity index (χ2v) is 6.54. The molecule has 0 aliphatic carbocycles. The van der Waals surface area contributed by atoms with E-state index in [0.29, 0.717) is 38.8 Å². The number of hydrogen-bond donors (Lipinski definition) is 1. The van der Waals surface area contributed by atoms with Crippen LogP contribution in [0, 0.1) is 12.7 Å². The van der Waals surface area contributed by atoms with E-state index in [2.05, 4.69) is 10.3 Å². The maximum atomic E-state index is 13.4. The highest BCUT2D eigenvalue weighted by Crippen LogP contribution is 2.27. The molecular formula is C21H14ClFN2O2. The molecule has 0 saturated heterocycles. The number of aryl methyl sites for hydroxylation is 1. The summed E-state index contributed by atoms with van der Waals surface area (Å²) in [6.07, 6.45) is 0. The number of fused-ring (bicyclic) bond motifs is 1. The smallest absolute Gasteiger partial charge is 0.255 e. The Bertz CT molecular complexity index is 1170. The topological polar surface area (TPSA) is 55.1 Å². The second kappa shape index (κ2) is 6.85. The van der Waals surface area contributed by atoms with E-state index in [1.165, 1.54) is 12.1 Å². The fourth-order valence-corrected chi connectivity index (χ4v) is 2.87. The Hall–Kier alpha value is -3.18. The zero-order valence-corrected chi connectivity index (χ0v) is 15.0. The number of rotatable bonds is 3. The fraction of sp³-hybridized carbons (Fsp3) is 0.0476. The summed E-state index contributed by atoms with van der Waals surface area (Å²) in [5.41, 5.74) is 3.60.